The number of ether oxygens (including phenoxy) is 1. The summed E-state index contributed by atoms with van der Waals surface area (Å²) in [6.07, 6.45) is 0.401. The van der Waals surface area contributed by atoms with E-state index in [0.29, 0.717) is 23.4 Å². The SMILES string of the molecule is CNC(=O)C(Cc1ccc(OCC(=O)c2ccc(F)cc2)cc1)SC=O. The topological polar surface area (TPSA) is 72.5 Å². The molecular weight excluding hydrogens is 357 g/mol. The zero-order valence-electron chi connectivity index (χ0n) is 14.1. The van der Waals surface area contributed by atoms with E-state index in [4.69, 9.17) is 4.74 Å². The van der Waals surface area contributed by atoms with Gasteiger partial charge in [-0.3, -0.25) is 14.4 Å². The standard InChI is InChI=1S/C19H18FNO4S/c1-21-19(24)18(26-12-22)10-13-2-8-16(9-3-13)25-11-17(23)14-4-6-15(20)7-5-14/h2-9,12,18H,10-11H2,1H3,(H,21,24). The van der Waals surface area contributed by atoms with Gasteiger partial charge in [-0.1, -0.05) is 23.9 Å². The summed E-state index contributed by atoms with van der Waals surface area (Å²) in [6.45, 7) is -0.160. The predicted octanol–water partition coefficient (Wildman–Crippen LogP) is 2.67. The maximum atomic E-state index is 12.9. The molecule has 1 unspecified atom stereocenters. The maximum Gasteiger partial charge on any atom is 0.233 e. The van der Waals surface area contributed by atoms with Gasteiger partial charge >= 0.3 is 0 Å². The minimum Gasteiger partial charge on any atom is -0.485 e. The van der Waals surface area contributed by atoms with E-state index in [1.54, 1.807) is 24.3 Å². The third-order valence-corrected chi connectivity index (χ3v) is 4.46. The van der Waals surface area contributed by atoms with Gasteiger partial charge in [0.05, 0.1) is 5.25 Å². The van der Waals surface area contributed by atoms with Gasteiger partial charge in [-0.2, -0.15) is 0 Å². The number of carbonyl (C=O) groups excluding carboxylic acids is 3. The van der Waals surface area contributed by atoms with E-state index in [9.17, 15) is 18.8 Å². The normalized spacial score (nSPS) is 11.5. The highest BCUT2D eigenvalue weighted by Gasteiger charge is 2.18. The van der Waals surface area contributed by atoms with Crippen LogP contribution in [0.2, 0.25) is 0 Å². The molecular formula is C19H18FNO4S. The molecule has 0 fully saturated rings. The first-order valence-corrected chi connectivity index (χ1v) is 8.79. The molecule has 0 bridgehead atoms. The van der Waals surface area contributed by atoms with Crippen LogP contribution < -0.4 is 10.1 Å². The predicted molar refractivity (Wildman–Crippen MR) is 98.6 cm³/mol. The smallest absolute Gasteiger partial charge is 0.233 e. The van der Waals surface area contributed by atoms with Crippen molar-refractivity contribution in [2.24, 2.45) is 0 Å². The Morgan fingerprint density at radius 3 is 2.38 bits per heavy atom. The molecule has 0 aliphatic heterocycles. The van der Waals surface area contributed by atoms with Crippen LogP contribution in [0.15, 0.2) is 48.5 Å². The second kappa shape index (κ2) is 9.72. The summed E-state index contributed by atoms with van der Waals surface area (Å²) in [4.78, 5) is 34.4. The number of thioether (sulfide) groups is 1. The van der Waals surface area contributed by atoms with Gasteiger partial charge in [0.1, 0.15) is 11.6 Å². The third-order valence-electron chi connectivity index (χ3n) is 3.64. The quantitative estimate of drug-likeness (QED) is 0.539. The largest absolute Gasteiger partial charge is 0.485 e. The van der Waals surface area contributed by atoms with Crippen molar-refractivity contribution < 1.29 is 23.5 Å². The monoisotopic (exact) mass is 375 g/mol. The van der Waals surface area contributed by atoms with Crippen molar-refractivity contribution in [2.75, 3.05) is 13.7 Å². The van der Waals surface area contributed by atoms with Crippen LogP contribution in [-0.4, -0.2) is 36.2 Å². The minimum absolute atomic E-state index is 0.160. The van der Waals surface area contributed by atoms with E-state index < -0.39 is 11.1 Å². The lowest BCUT2D eigenvalue weighted by Gasteiger charge is -2.12. The van der Waals surface area contributed by atoms with Crippen molar-refractivity contribution in [3.8, 4) is 5.75 Å². The molecule has 0 heterocycles. The molecule has 2 aromatic carbocycles. The van der Waals surface area contributed by atoms with Crippen molar-refractivity contribution >= 4 is 29.1 Å². The van der Waals surface area contributed by atoms with Crippen LogP contribution in [0.5, 0.6) is 5.75 Å². The second-order valence-electron chi connectivity index (χ2n) is 5.40. The average molecular weight is 375 g/mol. The van der Waals surface area contributed by atoms with E-state index in [0.717, 1.165) is 17.3 Å². The first kappa shape index (κ1) is 19.7. The van der Waals surface area contributed by atoms with Gasteiger partial charge in [-0.25, -0.2) is 4.39 Å². The Balaban J connectivity index is 1.92. The summed E-state index contributed by atoms with van der Waals surface area (Å²) in [5.74, 6) is -0.368. The van der Waals surface area contributed by atoms with Gasteiger partial charge in [0.15, 0.2) is 18.0 Å². The molecule has 0 aliphatic rings. The van der Waals surface area contributed by atoms with Gasteiger partial charge in [0, 0.05) is 12.6 Å². The lowest BCUT2D eigenvalue weighted by molar-refractivity contribution is -0.120. The Kier molecular flexibility index (Phi) is 7.35. The van der Waals surface area contributed by atoms with E-state index in [2.05, 4.69) is 5.32 Å². The Morgan fingerprint density at radius 1 is 1.15 bits per heavy atom. The molecule has 2 rings (SSSR count). The van der Waals surface area contributed by atoms with Crippen LogP contribution in [0.1, 0.15) is 15.9 Å². The van der Waals surface area contributed by atoms with Crippen LogP contribution in [0.4, 0.5) is 4.39 Å². The van der Waals surface area contributed by atoms with Gasteiger partial charge < -0.3 is 10.1 Å². The second-order valence-corrected chi connectivity index (χ2v) is 6.44. The molecule has 1 amide bonds. The number of ketones is 1. The van der Waals surface area contributed by atoms with E-state index >= 15 is 0 Å². The van der Waals surface area contributed by atoms with Gasteiger partial charge in [0.2, 0.25) is 5.91 Å². The molecule has 1 atom stereocenters. The molecule has 0 saturated heterocycles. The minimum atomic E-state index is -0.496. The number of nitrogens with one attached hydrogen (secondary N) is 1. The van der Waals surface area contributed by atoms with E-state index in [1.165, 1.54) is 31.3 Å². The number of rotatable bonds is 9. The number of amides is 1. The molecule has 0 aliphatic carbocycles. The van der Waals surface area contributed by atoms with Crippen LogP contribution in [0.25, 0.3) is 0 Å². The molecule has 2 aromatic rings. The van der Waals surface area contributed by atoms with E-state index in [-0.39, 0.29) is 18.3 Å². The van der Waals surface area contributed by atoms with E-state index in [1.807, 2.05) is 0 Å². The Labute approximate surface area is 154 Å². The summed E-state index contributed by atoms with van der Waals surface area (Å²) in [5.41, 5.74) is 1.89. The average Bonchev–Trinajstić information content (AvgIpc) is 2.66. The molecule has 26 heavy (non-hydrogen) atoms. The lowest BCUT2D eigenvalue weighted by atomic mass is 10.1. The summed E-state index contributed by atoms with van der Waals surface area (Å²) in [6, 6.07) is 12.2. The zero-order valence-corrected chi connectivity index (χ0v) is 14.9. The number of Topliss-reactive ketones (excluding diaryl/α,β-unsaturated/α-hetero) is 1. The molecule has 0 saturated carbocycles. The molecule has 7 heteroatoms. The first-order chi connectivity index (χ1) is 12.5. The first-order valence-electron chi connectivity index (χ1n) is 7.84. The molecule has 0 spiro atoms. The third kappa shape index (κ3) is 5.70. The summed E-state index contributed by atoms with van der Waals surface area (Å²) in [7, 11) is 1.52. The van der Waals surface area contributed by atoms with Gasteiger partial charge in [0.25, 0.3) is 0 Å². The Hall–Kier alpha value is -2.67. The number of benzene rings is 2. The number of hydrogen-bond acceptors (Lipinski definition) is 5. The lowest BCUT2D eigenvalue weighted by Crippen LogP contribution is -2.31. The molecule has 1 N–H and O–H groups in total. The molecule has 136 valence electrons. The summed E-state index contributed by atoms with van der Waals surface area (Å²) in [5, 5.41) is 2.03. The molecule has 0 aromatic heterocycles. The van der Waals surface area contributed by atoms with Crippen LogP contribution in [0.3, 0.4) is 0 Å². The van der Waals surface area contributed by atoms with Crippen molar-refractivity contribution in [3.63, 3.8) is 0 Å². The summed E-state index contributed by atoms with van der Waals surface area (Å²) >= 11 is 0.926. The Morgan fingerprint density at radius 2 is 1.81 bits per heavy atom. The Bertz CT molecular complexity index is 762. The molecule has 5 nitrogen and oxygen atoms in total. The van der Waals surface area contributed by atoms with Crippen LogP contribution >= 0.6 is 11.8 Å². The maximum absolute atomic E-state index is 12.9. The molecule has 0 radical (unpaired) electrons. The van der Waals surface area contributed by atoms with Crippen molar-refractivity contribution in [1.29, 1.82) is 0 Å². The fraction of sp³-hybridized carbons (Fsp3) is 0.211. The fourth-order valence-corrected chi connectivity index (χ4v) is 2.90. The zero-order chi connectivity index (χ0) is 18.9. The van der Waals surface area contributed by atoms with Crippen molar-refractivity contribution in [1.82, 2.24) is 5.32 Å². The van der Waals surface area contributed by atoms with Crippen LogP contribution in [-0.2, 0) is 16.0 Å². The highest BCUT2D eigenvalue weighted by atomic mass is 32.2. The van der Waals surface area contributed by atoms with Gasteiger partial charge in [-0.05, 0) is 48.4 Å². The van der Waals surface area contributed by atoms with Crippen molar-refractivity contribution in [3.05, 3.63) is 65.5 Å². The highest BCUT2D eigenvalue weighted by molar-refractivity contribution is 8.13. The number of halogens is 1. The highest BCUT2D eigenvalue weighted by Crippen LogP contribution is 2.18. The van der Waals surface area contributed by atoms with Crippen LogP contribution in [0, 0.1) is 5.82 Å². The summed E-state index contributed by atoms with van der Waals surface area (Å²) < 4.78 is 18.3. The number of carbonyl (C=O) groups is 3. The number of hydrogen-bond donors (Lipinski definition) is 1. The van der Waals surface area contributed by atoms with Gasteiger partial charge in [-0.15, -0.1) is 0 Å². The van der Waals surface area contributed by atoms with Crippen molar-refractivity contribution in [2.45, 2.75) is 11.7 Å². The fourth-order valence-electron chi connectivity index (χ4n) is 2.23.